The molecule has 0 amide bonds. The Morgan fingerprint density at radius 3 is 0.117 bits per heavy atom. The van der Waals surface area contributed by atoms with Crippen molar-refractivity contribution in [2.75, 3.05) is 0 Å². The minimum Gasteiger partial charge on any atom is -0.0776 e. The Balaban J connectivity index is -0.00000000953. The van der Waals surface area contributed by atoms with E-state index in [0.717, 1.165) is 82.9 Å². The Morgan fingerprint density at radius 2 is 0.117 bits per heavy atom. The zero-order valence-electron chi connectivity index (χ0n) is 63.5. The SMILES string of the molecule is C.C.C.C.C.C.C.C.C.C.C.C.C.C.C.C.C.C.C.C.C.C.C.C.C.C.C.C.CCC(C)C.CCC(C)C.CCC(C)C.CCC(C)C.CCC(C)C.CCC(C)C.CCC(C)C.CCC(C)C.CCC(C)C.CCC(C)CC.CCC(C)CC.CCC(C)CC.CCC(C)CC.CCC(C)CC. The molecule has 0 atom stereocenters. The molecule has 0 aliphatic carbocycles. The van der Waals surface area contributed by atoms with E-state index in [2.05, 4.69) is 291 Å². The Hall–Kier alpha value is 0. The van der Waals surface area contributed by atoms with Crippen molar-refractivity contribution in [1.82, 2.24) is 0 Å². The van der Waals surface area contributed by atoms with Gasteiger partial charge in [0.1, 0.15) is 0 Å². The highest BCUT2D eigenvalue weighted by atomic mass is 14.0. The van der Waals surface area contributed by atoms with Crippen LogP contribution in [-0.2, 0) is 0 Å². The third-order valence-electron chi connectivity index (χ3n) is 14.3. The maximum Gasteiger partial charge on any atom is -0.0448 e. The molecule has 0 heterocycles. The van der Waals surface area contributed by atoms with Gasteiger partial charge in [-0.05, 0) is 82.9 Å². The maximum atomic E-state index is 2.28. The predicted octanol–water partition coefficient (Wildman–Crippen LogP) is 48.5. The molecule has 0 heteroatoms. The summed E-state index contributed by atoms with van der Waals surface area (Å²) in [5.41, 5.74) is 0. The van der Waals surface area contributed by atoms with Crippen LogP contribution < -0.4 is 0 Å². The molecular formula is C103H290. The molecule has 0 unspecified atom stereocenters. The van der Waals surface area contributed by atoms with Crippen molar-refractivity contribution in [3.05, 3.63) is 0 Å². The van der Waals surface area contributed by atoms with Crippen molar-refractivity contribution in [2.24, 2.45) is 82.9 Å². The van der Waals surface area contributed by atoms with Crippen LogP contribution in [0.2, 0.25) is 0 Å². The van der Waals surface area contributed by atoms with Crippen molar-refractivity contribution in [3.63, 3.8) is 0 Å². The largest absolute Gasteiger partial charge is 0.0776 e. The quantitative estimate of drug-likeness (QED) is 0.121. The van der Waals surface area contributed by atoms with Gasteiger partial charge < -0.3 is 0 Å². The zero-order valence-corrected chi connectivity index (χ0v) is 63.5. The van der Waals surface area contributed by atoms with E-state index in [0.29, 0.717) is 0 Å². The van der Waals surface area contributed by atoms with E-state index in [1.165, 1.54) is 122 Å². The number of rotatable bonds is 19. The van der Waals surface area contributed by atoms with Gasteiger partial charge in [0.2, 0.25) is 0 Å². The van der Waals surface area contributed by atoms with Crippen LogP contribution in [0.15, 0.2) is 0 Å². The molecule has 0 saturated carbocycles. The predicted molar refractivity (Wildman–Crippen MR) is 563 cm³/mol. The van der Waals surface area contributed by atoms with Crippen molar-refractivity contribution in [3.8, 4) is 0 Å². The van der Waals surface area contributed by atoms with Crippen molar-refractivity contribution in [2.45, 2.75) is 621 Å². The van der Waals surface area contributed by atoms with Gasteiger partial charge in [0.25, 0.3) is 0 Å². The Bertz CT molecular complexity index is 513. The standard InChI is InChI=1S/5C6H14.9C5H12.28CH4/c5*1-4-6(3)5-2;9*1-4-5(2)3;;;;;;;;;;;;;;;;;;;;;;;;;;;;/h5*6H,4-5H2,1-3H3;9*5H,4H2,1-3H3;28*1H4. The summed E-state index contributed by atoms with van der Waals surface area (Å²) in [6.07, 6.45) is 25.0. The molecule has 702 valence electrons. The first-order chi connectivity index (χ1) is 34.5. The van der Waals surface area contributed by atoms with Crippen LogP contribution in [0.1, 0.15) is 621 Å². The molecule has 0 aliphatic rings. The van der Waals surface area contributed by atoms with Crippen LogP contribution >= 0.6 is 0 Å². The van der Waals surface area contributed by atoms with Gasteiger partial charge in [0.15, 0.2) is 0 Å². The summed E-state index contributed by atoms with van der Waals surface area (Å²) >= 11 is 0. The van der Waals surface area contributed by atoms with Crippen molar-refractivity contribution >= 4 is 0 Å². The zero-order chi connectivity index (χ0) is 63.5. The van der Waals surface area contributed by atoms with Crippen molar-refractivity contribution < 1.29 is 0 Å². The van der Waals surface area contributed by atoms with Crippen LogP contribution in [0.5, 0.6) is 0 Å². The lowest BCUT2D eigenvalue weighted by Crippen LogP contribution is -1.85. The average Bonchev–Trinajstić information content (AvgIpc) is 3.41. The lowest BCUT2D eigenvalue weighted by molar-refractivity contribution is 0.544. The fourth-order valence-corrected chi connectivity index (χ4v) is 1.44. The summed E-state index contributed by atoms with van der Waals surface area (Å²) in [6.45, 7) is 93.5. The first-order valence-electron chi connectivity index (χ1n) is 34.5. The Morgan fingerprint density at radius 1 is 0.0874 bits per heavy atom. The number of hydrogen-bond acceptors (Lipinski definition) is 0. The van der Waals surface area contributed by atoms with Gasteiger partial charge >= 0.3 is 0 Å². The highest BCUT2D eigenvalue weighted by molar-refractivity contribution is 4.45. The van der Waals surface area contributed by atoms with Crippen LogP contribution in [0.25, 0.3) is 0 Å². The van der Waals surface area contributed by atoms with E-state index >= 15 is 0 Å². The smallest absolute Gasteiger partial charge is 0.0448 e. The molecule has 0 rings (SSSR count). The Kier molecular flexibility index (Phi) is 782. The van der Waals surface area contributed by atoms with Gasteiger partial charge in [-0.2, -0.15) is 0 Å². The molecule has 0 aromatic heterocycles. The first kappa shape index (κ1) is 288. The summed E-state index contributed by atoms with van der Waals surface area (Å²) in [6, 6.07) is 0. The normalized spacial score (nSPS) is 7.11. The highest BCUT2D eigenvalue weighted by Crippen LogP contribution is 2.06. The molecule has 0 fully saturated rings. The lowest BCUT2D eigenvalue weighted by atomic mass is 10.1. The average molecular weight is 1530 g/mol. The summed E-state index contributed by atoms with van der Waals surface area (Å²) in [7, 11) is 0. The number of hydrogen-bond donors (Lipinski definition) is 0. The fourth-order valence-electron chi connectivity index (χ4n) is 1.44. The van der Waals surface area contributed by atoms with Gasteiger partial charge in [-0.3, -0.25) is 0 Å². The third-order valence-corrected chi connectivity index (χ3v) is 14.3. The van der Waals surface area contributed by atoms with Gasteiger partial charge in [0.05, 0.1) is 0 Å². The second kappa shape index (κ2) is 280. The van der Waals surface area contributed by atoms with E-state index < -0.39 is 0 Å². The molecule has 0 N–H and O–H groups in total. The Labute approximate surface area is 699 Å². The summed E-state index contributed by atoms with van der Waals surface area (Å²) in [5.74, 6) is 12.6. The molecule has 0 nitrogen and oxygen atoms in total. The summed E-state index contributed by atoms with van der Waals surface area (Å²) < 4.78 is 0. The van der Waals surface area contributed by atoms with Gasteiger partial charge in [0, 0.05) is 0 Å². The molecule has 103 heavy (non-hydrogen) atoms. The van der Waals surface area contributed by atoms with Crippen LogP contribution in [0, 0.1) is 82.9 Å². The molecule has 0 radical (unpaired) electrons. The van der Waals surface area contributed by atoms with E-state index in [4.69, 9.17) is 0 Å². The molecule has 0 aromatic rings. The first-order valence-corrected chi connectivity index (χ1v) is 34.5. The molecular weight excluding hydrogens is 1240 g/mol. The lowest BCUT2D eigenvalue weighted by Gasteiger charge is -1.98. The fraction of sp³-hybridized carbons (Fsp3) is 1.00. The van der Waals surface area contributed by atoms with E-state index in [1.54, 1.807) is 0 Å². The van der Waals surface area contributed by atoms with Gasteiger partial charge in [-0.1, -0.05) is 621 Å². The monoisotopic (exact) mass is 1530 g/mol. The third kappa shape index (κ3) is 706. The van der Waals surface area contributed by atoms with E-state index in [1.807, 2.05) is 0 Å². The van der Waals surface area contributed by atoms with Crippen LogP contribution in [-0.4, -0.2) is 0 Å². The molecule has 0 spiro atoms. The molecule has 0 saturated heterocycles. The van der Waals surface area contributed by atoms with E-state index in [-0.39, 0.29) is 208 Å². The van der Waals surface area contributed by atoms with Crippen LogP contribution in [0.3, 0.4) is 0 Å². The molecule has 0 bridgehead atoms. The minimum absolute atomic E-state index is 0. The maximum absolute atomic E-state index is 2.28. The van der Waals surface area contributed by atoms with Gasteiger partial charge in [-0.15, -0.1) is 0 Å². The van der Waals surface area contributed by atoms with E-state index in [9.17, 15) is 0 Å². The molecule has 0 aromatic carbocycles. The molecule has 0 aliphatic heterocycles. The van der Waals surface area contributed by atoms with Crippen molar-refractivity contribution in [1.29, 1.82) is 0 Å². The van der Waals surface area contributed by atoms with Crippen LogP contribution in [0.4, 0.5) is 0 Å². The van der Waals surface area contributed by atoms with Gasteiger partial charge in [-0.25, -0.2) is 0 Å². The minimum atomic E-state index is 0. The topological polar surface area (TPSA) is 0 Å². The highest BCUT2D eigenvalue weighted by Gasteiger charge is 1.92. The summed E-state index contributed by atoms with van der Waals surface area (Å²) in [5, 5.41) is 0. The second-order valence-electron chi connectivity index (χ2n) is 25.8. The summed E-state index contributed by atoms with van der Waals surface area (Å²) in [4.78, 5) is 0. The second-order valence-corrected chi connectivity index (χ2v) is 25.8.